The third kappa shape index (κ3) is 3.45. The fourth-order valence-electron chi connectivity index (χ4n) is 3.69. The van der Waals surface area contributed by atoms with Crippen LogP contribution < -0.4 is 0 Å². The minimum absolute atomic E-state index is 0.00325. The van der Waals surface area contributed by atoms with Crippen LogP contribution in [-0.2, 0) is 6.42 Å². The average molecular weight is 328 g/mol. The van der Waals surface area contributed by atoms with E-state index in [1.807, 2.05) is 32.3 Å². The van der Waals surface area contributed by atoms with E-state index < -0.39 is 6.10 Å². The lowest BCUT2D eigenvalue weighted by Gasteiger charge is -2.28. The Morgan fingerprint density at radius 2 is 2.04 bits per heavy atom. The van der Waals surface area contributed by atoms with Gasteiger partial charge in [-0.15, -0.1) is 0 Å². The first-order chi connectivity index (χ1) is 11.6. The molecule has 1 aliphatic rings. The summed E-state index contributed by atoms with van der Waals surface area (Å²) in [6.45, 7) is -0.00325. The van der Waals surface area contributed by atoms with Crippen LogP contribution in [0.4, 0.5) is 0 Å². The van der Waals surface area contributed by atoms with Crippen LogP contribution in [0.2, 0.25) is 0 Å². The maximum absolute atomic E-state index is 10.3. The summed E-state index contributed by atoms with van der Waals surface area (Å²) in [5.41, 5.74) is 1.81. The molecule has 24 heavy (non-hydrogen) atoms. The van der Waals surface area contributed by atoms with Crippen LogP contribution in [0.5, 0.6) is 0 Å². The Morgan fingerprint density at radius 3 is 2.71 bits per heavy atom. The molecule has 2 aromatic heterocycles. The van der Waals surface area contributed by atoms with Crippen LogP contribution in [0.15, 0.2) is 36.8 Å². The molecule has 2 aromatic rings. The normalized spacial score (nSPS) is 26.9. The van der Waals surface area contributed by atoms with Gasteiger partial charge in [0.25, 0.3) is 0 Å². The molecule has 0 radical (unpaired) electrons. The Kier molecular flexibility index (Phi) is 5.18. The van der Waals surface area contributed by atoms with E-state index >= 15 is 0 Å². The van der Waals surface area contributed by atoms with E-state index in [0.717, 1.165) is 11.3 Å². The highest BCUT2D eigenvalue weighted by atomic mass is 16.3. The first-order valence-corrected chi connectivity index (χ1v) is 8.28. The lowest BCUT2D eigenvalue weighted by molar-refractivity contribution is 0.0707. The number of aliphatic hydroxyl groups is 2. The second-order valence-corrected chi connectivity index (χ2v) is 6.66. The number of pyridine rings is 1. The summed E-state index contributed by atoms with van der Waals surface area (Å²) >= 11 is 0. The van der Waals surface area contributed by atoms with Crippen molar-refractivity contribution in [3.8, 4) is 11.4 Å². The van der Waals surface area contributed by atoms with E-state index in [0.29, 0.717) is 18.7 Å². The lowest BCUT2D eigenvalue weighted by Crippen LogP contribution is -2.35. The zero-order valence-electron chi connectivity index (χ0n) is 14.1. The molecule has 4 atom stereocenters. The van der Waals surface area contributed by atoms with E-state index in [4.69, 9.17) is 0 Å². The largest absolute Gasteiger partial charge is 0.396 e. The summed E-state index contributed by atoms with van der Waals surface area (Å²) in [6.07, 6.45) is 6.16. The smallest absolute Gasteiger partial charge is 0.160 e. The molecular formula is C18H24N4O2. The SMILES string of the molecule is CN(C)[C@@H]1C[C@@H](O)[C@H](CO)[C@H]1Cc1ccnc(-c2cccnc2)n1. The number of nitrogens with zero attached hydrogens (tertiary/aromatic N) is 4. The summed E-state index contributed by atoms with van der Waals surface area (Å²) in [5, 5.41) is 20.0. The highest BCUT2D eigenvalue weighted by Crippen LogP contribution is 2.36. The van der Waals surface area contributed by atoms with E-state index in [1.165, 1.54) is 0 Å². The predicted octanol–water partition coefficient (Wildman–Crippen LogP) is 1.00. The van der Waals surface area contributed by atoms with Crippen molar-refractivity contribution < 1.29 is 10.2 Å². The minimum Gasteiger partial charge on any atom is -0.396 e. The molecule has 2 heterocycles. The lowest BCUT2D eigenvalue weighted by atomic mass is 9.88. The van der Waals surface area contributed by atoms with Crippen LogP contribution in [0.1, 0.15) is 12.1 Å². The maximum Gasteiger partial charge on any atom is 0.160 e. The fraction of sp³-hybridized carbons (Fsp3) is 0.500. The van der Waals surface area contributed by atoms with Crippen molar-refractivity contribution in [2.45, 2.75) is 25.0 Å². The van der Waals surface area contributed by atoms with Crippen molar-refractivity contribution in [1.29, 1.82) is 0 Å². The Balaban J connectivity index is 1.84. The molecule has 128 valence electrons. The van der Waals surface area contributed by atoms with Crippen molar-refractivity contribution in [1.82, 2.24) is 19.9 Å². The summed E-state index contributed by atoms with van der Waals surface area (Å²) in [4.78, 5) is 15.2. The molecule has 1 aliphatic carbocycles. The van der Waals surface area contributed by atoms with Crippen LogP contribution in [-0.4, -0.2) is 62.9 Å². The van der Waals surface area contributed by atoms with Gasteiger partial charge >= 0.3 is 0 Å². The standard InChI is InChI=1S/C18H24N4O2/c1-22(2)16-9-17(24)15(11-23)14(16)8-13-5-7-20-18(21-13)12-4-3-6-19-10-12/h3-7,10,14-17,23-24H,8-9,11H2,1-2H3/t14-,15-,16-,17-/m1/s1. The van der Waals surface area contributed by atoms with Gasteiger partial charge in [0.05, 0.1) is 6.10 Å². The van der Waals surface area contributed by atoms with Gasteiger partial charge in [-0.05, 0) is 51.1 Å². The van der Waals surface area contributed by atoms with Crippen molar-refractivity contribution in [2.24, 2.45) is 11.8 Å². The third-order valence-corrected chi connectivity index (χ3v) is 4.97. The van der Waals surface area contributed by atoms with Gasteiger partial charge in [-0.2, -0.15) is 0 Å². The van der Waals surface area contributed by atoms with E-state index in [2.05, 4.69) is 19.9 Å². The first kappa shape index (κ1) is 17.0. The molecule has 0 unspecified atom stereocenters. The summed E-state index contributed by atoms with van der Waals surface area (Å²) < 4.78 is 0. The molecule has 1 saturated carbocycles. The molecule has 0 spiro atoms. The van der Waals surface area contributed by atoms with Crippen molar-refractivity contribution in [3.05, 3.63) is 42.5 Å². The van der Waals surface area contributed by atoms with E-state index in [-0.39, 0.29) is 24.5 Å². The average Bonchev–Trinajstić information content (AvgIpc) is 2.91. The molecule has 6 nitrogen and oxygen atoms in total. The summed E-state index contributed by atoms with van der Waals surface area (Å²) in [6, 6.07) is 5.94. The van der Waals surface area contributed by atoms with E-state index in [1.54, 1.807) is 18.6 Å². The van der Waals surface area contributed by atoms with Crippen molar-refractivity contribution in [2.75, 3.05) is 20.7 Å². The molecule has 3 rings (SSSR count). The summed E-state index contributed by atoms with van der Waals surface area (Å²) in [7, 11) is 4.04. The molecule has 0 saturated heterocycles. The zero-order valence-corrected chi connectivity index (χ0v) is 14.1. The van der Waals surface area contributed by atoms with Gasteiger partial charge < -0.3 is 15.1 Å². The van der Waals surface area contributed by atoms with Crippen LogP contribution in [0.25, 0.3) is 11.4 Å². The fourth-order valence-corrected chi connectivity index (χ4v) is 3.69. The predicted molar refractivity (Wildman–Crippen MR) is 91.1 cm³/mol. The van der Waals surface area contributed by atoms with Gasteiger partial charge in [-0.25, -0.2) is 9.97 Å². The minimum atomic E-state index is -0.466. The van der Waals surface area contributed by atoms with Gasteiger partial charge in [0.1, 0.15) is 0 Å². The molecule has 6 heteroatoms. The first-order valence-electron chi connectivity index (χ1n) is 8.28. The quantitative estimate of drug-likeness (QED) is 0.852. The summed E-state index contributed by atoms with van der Waals surface area (Å²) in [5.74, 6) is 0.701. The number of aliphatic hydroxyl groups excluding tert-OH is 2. The molecule has 0 aromatic carbocycles. The second-order valence-electron chi connectivity index (χ2n) is 6.66. The zero-order chi connectivity index (χ0) is 17.1. The van der Waals surface area contributed by atoms with Gasteiger partial charge in [-0.3, -0.25) is 4.98 Å². The Labute approximate surface area is 142 Å². The molecular weight excluding hydrogens is 304 g/mol. The molecule has 1 fully saturated rings. The van der Waals surface area contributed by atoms with Gasteiger partial charge in [0.15, 0.2) is 5.82 Å². The highest BCUT2D eigenvalue weighted by molar-refractivity contribution is 5.52. The molecule has 0 amide bonds. The monoisotopic (exact) mass is 328 g/mol. The van der Waals surface area contributed by atoms with Crippen LogP contribution in [0, 0.1) is 11.8 Å². The van der Waals surface area contributed by atoms with Gasteiger partial charge in [-0.1, -0.05) is 0 Å². The van der Waals surface area contributed by atoms with Crippen molar-refractivity contribution in [3.63, 3.8) is 0 Å². The number of aromatic nitrogens is 3. The van der Waals surface area contributed by atoms with Crippen LogP contribution >= 0.6 is 0 Å². The molecule has 0 aliphatic heterocycles. The molecule has 0 bridgehead atoms. The van der Waals surface area contributed by atoms with Crippen LogP contribution in [0.3, 0.4) is 0 Å². The van der Waals surface area contributed by atoms with Gasteiger partial charge in [0, 0.05) is 48.4 Å². The molecule has 2 N–H and O–H groups in total. The van der Waals surface area contributed by atoms with E-state index in [9.17, 15) is 10.2 Å². The Morgan fingerprint density at radius 1 is 1.21 bits per heavy atom. The maximum atomic E-state index is 10.3. The topological polar surface area (TPSA) is 82.4 Å². The van der Waals surface area contributed by atoms with Gasteiger partial charge in [0.2, 0.25) is 0 Å². The Hall–Kier alpha value is -1.89. The number of rotatable bonds is 5. The highest BCUT2D eigenvalue weighted by Gasteiger charge is 2.43. The number of hydrogen-bond donors (Lipinski definition) is 2. The second kappa shape index (κ2) is 7.34. The Bertz CT molecular complexity index is 665. The third-order valence-electron chi connectivity index (χ3n) is 4.97. The number of hydrogen-bond acceptors (Lipinski definition) is 6. The van der Waals surface area contributed by atoms with Crippen molar-refractivity contribution >= 4 is 0 Å².